The molecule has 0 aromatic rings. The van der Waals surface area contributed by atoms with Crippen molar-refractivity contribution in [1.82, 2.24) is 10.2 Å². The molecule has 98 valence electrons. The summed E-state index contributed by atoms with van der Waals surface area (Å²) >= 11 is 0. The van der Waals surface area contributed by atoms with E-state index in [1.54, 1.807) is 0 Å². The van der Waals surface area contributed by atoms with Gasteiger partial charge in [-0.3, -0.25) is 9.59 Å². The lowest BCUT2D eigenvalue weighted by atomic mass is 10.3. The highest BCUT2D eigenvalue weighted by atomic mass is 16.5. The zero-order chi connectivity index (χ0) is 13.4. The molecule has 0 heterocycles. The molecule has 0 radical (unpaired) electrons. The number of urea groups is 1. The number of primary amides is 1. The van der Waals surface area contributed by atoms with Gasteiger partial charge in [0.05, 0.1) is 6.61 Å². The van der Waals surface area contributed by atoms with E-state index < -0.39 is 30.5 Å². The first kappa shape index (κ1) is 15.2. The Labute approximate surface area is 98.7 Å². The van der Waals surface area contributed by atoms with Crippen molar-refractivity contribution in [1.29, 1.82) is 0 Å². The largest absolute Gasteiger partial charge is 0.480 e. The molecule has 1 atom stereocenters. The van der Waals surface area contributed by atoms with E-state index in [-0.39, 0.29) is 13.2 Å². The van der Waals surface area contributed by atoms with Crippen LogP contribution in [0.3, 0.4) is 0 Å². The minimum Gasteiger partial charge on any atom is -0.480 e. The van der Waals surface area contributed by atoms with Gasteiger partial charge in [0.1, 0.15) is 12.6 Å². The fourth-order valence-corrected chi connectivity index (χ4v) is 0.965. The third-order valence-corrected chi connectivity index (χ3v) is 1.95. The van der Waals surface area contributed by atoms with Crippen LogP contribution in [0.4, 0.5) is 4.79 Å². The third kappa shape index (κ3) is 6.36. The summed E-state index contributed by atoms with van der Waals surface area (Å²) in [6.07, 6.45) is 0. The molecular weight excluding hydrogens is 230 g/mol. The van der Waals surface area contributed by atoms with Gasteiger partial charge in [-0.25, -0.2) is 4.79 Å². The molecule has 8 nitrogen and oxygen atoms in total. The topological polar surface area (TPSA) is 122 Å². The number of aliphatic carboxylic acids is 1. The first-order valence-corrected chi connectivity index (χ1v) is 4.94. The van der Waals surface area contributed by atoms with Crippen LogP contribution in [0, 0.1) is 0 Å². The van der Waals surface area contributed by atoms with Gasteiger partial charge in [0.25, 0.3) is 0 Å². The molecule has 1 unspecified atom stereocenters. The maximum absolute atomic E-state index is 11.6. The summed E-state index contributed by atoms with van der Waals surface area (Å²) in [5.41, 5.74) is 4.97. The molecule has 4 N–H and O–H groups in total. The van der Waals surface area contributed by atoms with Gasteiger partial charge in [-0.05, 0) is 6.92 Å². The Morgan fingerprint density at radius 3 is 2.47 bits per heavy atom. The molecule has 0 aromatic heterocycles. The zero-order valence-corrected chi connectivity index (χ0v) is 9.80. The van der Waals surface area contributed by atoms with Crippen LogP contribution in [0.25, 0.3) is 0 Å². The molecular formula is C9H17N3O5. The van der Waals surface area contributed by atoms with Crippen molar-refractivity contribution in [3.8, 4) is 0 Å². The quantitative estimate of drug-likeness (QED) is 0.511. The number of carbonyl (C=O) groups is 3. The van der Waals surface area contributed by atoms with Crippen molar-refractivity contribution < 1.29 is 24.2 Å². The molecule has 0 saturated carbocycles. The molecule has 3 amide bonds. The van der Waals surface area contributed by atoms with Crippen molar-refractivity contribution in [2.75, 3.05) is 26.8 Å². The monoisotopic (exact) mass is 247 g/mol. The molecule has 0 spiro atoms. The highest BCUT2D eigenvalue weighted by Crippen LogP contribution is 1.92. The minimum atomic E-state index is -1.15. The fraction of sp³-hybridized carbons (Fsp3) is 0.667. The predicted octanol–water partition coefficient (Wildman–Crippen LogP) is -1.40. The second-order valence-electron chi connectivity index (χ2n) is 3.38. The number of ether oxygens (including phenoxy) is 1. The number of nitrogens with two attached hydrogens (primary N) is 1. The maximum Gasteiger partial charge on any atom is 0.323 e. The van der Waals surface area contributed by atoms with Gasteiger partial charge in [-0.15, -0.1) is 0 Å². The van der Waals surface area contributed by atoms with E-state index >= 15 is 0 Å². The average molecular weight is 247 g/mol. The van der Waals surface area contributed by atoms with Crippen molar-refractivity contribution in [2.24, 2.45) is 5.73 Å². The van der Waals surface area contributed by atoms with Crippen molar-refractivity contribution in [3.63, 3.8) is 0 Å². The zero-order valence-electron chi connectivity index (χ0n) is 9.80. The second kappa shape index (κ2) is 7.44. The van der Waals surface area contributed by atoms with Crippen LogP contribution in [0.5, 0.6) is 0 Å². The smallest absolute Gasteiger partial charge is 0.323 e. The summed E-state index contributed by atoms with van der Waals surface area (Å²) < 4.78 is 4.75. The molecule has 0 aliphatic heterocycles. The van der Waals surface area contributed by atoms with Gasteiger partial charge in [0.15, 0.2) is 0 Å². The number of rotatable bonds is 7. The Hall–Kier alpha value is -1.83. The number of hydrogen-bond acceptors (Lipinski definition) is 4. The van der Waals surface area contributed by atoms with E-state index in [2.05, 4.69) is 5.32 Å². The minimum absolute atomic E-state index is 0.111. The molecule has 8 heteroatoms. The van der Waals surface area contributed by atoms with Crippen molar-refractivity contribution >= 4 is 17.9 Å². The SMILES string of the molecule is COCCN(CC(=O)O)C(=O)NC(C)C(N)=O. The highest BCUT2D eigenvalue weighted by Gasteiger charge is 2.19. The van der Waals surface area contributed by atoms with E-state index in [0.29, 0.717) is 0 Å². The van der Waals surface area contributed by atoms with Gasteiger partial charge in [0, 0.05) is 13.7 Å². The summed E-state index contributed by atoms with van der Waals surface area (Å²) in [5.74, 6) is -1.84. The van der Waals surface area contributed by atoms with Gasteiger partial charge in [-0.2, -0.15) is 0 Å². The van der Waals surface area contributed by atoms with Crippen molar-refractivity contribution in [2.45, 2.75) is 13.0 Å². The maximum atomic E-state index is 11.6. The Morgan fingerprint density at radius 1 is 1.47 bits per heavy atom. The summed E-state index contributed by atoms with van der Waals surface area (Å²) in [6, 6.07) is -1.53. The van der Waals surface area contributed by atoms with Crippen molar-refractivity contribution in [3.05, 3.63) is 0 Å². The Bertz CT molecular complexity index is 294. The number of carboxylic acids is 1. The Morgan fingerprint density at radius 2 is 2.06 bits per heavy atom. The summed E-state index contributed by atoms with van der Waals surface area (Å²) in [5, 5.41) is 10.9. The van der Waals surface area contributed by atoms with Crippen LogP contribution in [-0.2, 0) is 14.3 Å². The Kier molecular flexibility index (Phi) is 6.64. The molecule has 0 aliphatic carbocycles. The summed E-state index contributed by atoms with van der Waals surface area (Å²) in [4.78, 5) is 33.9. The number of methoxy groups -OCH3 is 1. The molecule has 17 heavy (non-hydrogen) atoms. The van der Waals surface area contributed by atoms with Gasteiger partial charge in [0.2, 0.25) is 5.91 Å². The summed E-state index contributed by atoms with van der Waals surface area (Å²) in [6.45, 7) is 1.25. The normalized spacial score (nSPS) is 11.6. The lowest BCUT2D eigenvalue weighted by Gasteiger charge is -2.22. The lowest BCUT2D eigenvalue weighted by molar-refractivity contribution is -0.137. The van der Waals surface area contributed by atoms with Crippen LogP contribution in [0.2, 0.25) is 0 Å². The number of hydrogen-bond donors (Lipinski definition) is 3. The van der Waals surface area contributed by atoms with Gasteiger partial charge >= 0.3 is 12.0 Å². The molecule has 0 fully saturated rings. The third-order valence-electron chi connectivity index (χ3n) is 1.95. The summed E-state index contributed by atoms with van der Waals surface area (Å²) in [7, 11) is 1.43. The number of nitrogens with zero attached hydrogens (tertiary/aromatic N) is 1. The first-order chi connectivity index (χ1) is 7.88. The fourth-order valence-electron chi connectivity index (χ4n) is 0.965. The number of nitrogens with one attached hydrogen (secondary N) is 1. The molecule has 0 bridgehead atoms. The van der Waals surface area contributed by atoms with Crippen LogP contribution in [-0.4, -0.2) is 60.8 Å². The molecule has 0 aliphatic rings. The molecule has 0 aromatic carbocycles. The van der Waals surface area contributed by atoms with Crippen LogP contribution < -0.4 is 11.1 Å². The van der Waals surface area contributed by atoms with Gasteiger partial charge in [-0.1, -0.05) is 0 Å². The average Bonchev–Trinajstić information content (AvgIpc) is 2.23. The lowest BCUT2D eigenvalue weighted by Crippen LogP contribution is -2.50. The van der Waals surface area contributed by atoms with Gasteiger partial charge < -0.3 is 25.8 Å². The van der Waals surface area contributed by atoms with E-state index in [1.165, 1.54) is 14.0 Å². The van der Waals surface area contributed by atoms with E-state index in [1.807, 2.05) is 0 Å². The molecule has 0 saturated heterocycles. The van der Waals surface area contributed by atoms with E-state index in [0.717, 1.165) is 4.90 Å². The van der Waals surface area contributed by atoms with Crippen LogP contribution >= 0.6 is 0 Å². The predicted molar refractivity (Wildman–Crippen MR) is 58.3 cm³/mol. The van der Waals surface area contributed by atoms with E-state index in [9.17, 15) is 14.4 Å². The van der Waals surface area contributed by atoms with Crippen LogP contribution in [0.15, 0.2) is 0 Å². The highest BCUT2D eigenvalue weighted by molar-refractivity contribution is 5.86. The molecule has 0 rings (SSSR count). The number of carbonyl (C=O) groups excluding carboxylic acids is 2. The first-order valence-electron chi connectivity index (χ1n) is 4.94. The standard InChI is InChI=1S/C9H17N3O5/c1-6(8(10)15)11-9(16)12(3-4-17-2)5-7(13)14/h6H,3-5H2,1-2H3,(H2,10,15)(H,11,16)(H,13,14). The second-order valence-corrected chi connectivity index (χ2v) is 3.38. The van der Waals surface area contributed by atoms with Crippen LogP contribution in [0.1, 0.15) is 6.92 Å². The number of amides is 3. The number of carboxylic acid groups (broad SMARTS) is 1. The Balaban J connectivity index is 4.40. The van der Waals surface area contributed by atoms with E-state index in [4.69, 9.17) is 15.6 Å².